The van der Waals surface area contributed by atoms with Crippen LogP contribution in [0.1, 0.15) is 28.8 Å². The number of carbonyl (C=O) groups is 2. The van der Waals surface area contributed by atoms with E-state index >= 15 is 0 Å². The van der Waals surface area contributed by atoms with E-state index in [-0.39, 0.29) is 28.4 Å². The Morgan fingerprint density at radius 3 is 2.44 bits per heavy atom. The van der Waals surface area contributed by atoms with Crippen LogP contribution in [-0.4, -0.2) is 11.8 Å². The Bertz CT molecular complexity index is 1100. The van der Waals surface area contributed by atoms with Crippen LogP contribution in [0, 0.1) is 12.8 Å². The van der Waals surface area contributed by atoms with Crippen molar-refractivity contribution in [2.24, 2.45) is 5.92 Å². The van der Waals surface area contributed by atoms with Crippen LogP contribution in [0.5, 0.6) is 0 Å². The highest BCUT2D eigenvalue weighted by atomic mass is 16.3. The Balaban J connectivity index is 1.77. The second kappa shape index (κ2) is 6.72. The van der Waals surface area contributed by atoms with Crippen LogP contribution >= 0.6 is 0 Å². The lowest BCUT2D eigenvalue weighted by Gasteiger charge is -2.11. The number of fused-ring (bicyclic) bond motifs is 1. The van der Waals surface area contributed by atoms with Gasteiger partial charge >= 0.3 is 0 Å². The average Bonchev–Trinajstić information content (AvgIpc) is 3.54. The third-order valence-corrected chi connectivity index (χ3v) is 4.67. The second-order valence-electron chi connectivity index (χ2n) is 6.65. The Labute approximate surface area is 155 Å². The number of amides is 2. The molecule has 0 aliphatic heterocycles. The van der Waals surface area contributed by atoms with Gasteiger partial charge in [-0.2, -0.15) is 0 Å². The third kappa shape index (κ3) is 3.21. The Kier molecular flexibility index (Phi) is 4.24. The molecule has 1 aliphatic rings. The quantitative estimate of drug-likeness (QED) is 0.701. The molecule has 1 heterocycles. The SMILES string of the molecule is Cc1c(-c2ccccc2)oc2c(C(=O)NNC(=O)C3CC3)cccc2c1=O. The van der Waals surface area contributed by atoms with E-state index in [2.05, 4.69) is 10.9 Å². The summed E-state index contributed by atoms with van der Waals surface area (Å²) in [5.41, 5.74) is 6.27. The highest BCUT2D eigenvalue weighted by molar-refractivity contribution is 6.05. The van der Waals surface area contributed by atoms with Gasteiger partial charge in [-0.3, -0.25) is 25.2 Å². The fraction of sp³-hybridized carbons (Fsp3) is 0.190. The summed E-state index contributed by atoms with van der Waals surface area (Å²) < 4.78 is 6.00. The van der Waals surface area contributed by atoms with Gasteiger partial charge in [-0.15, -0.1) is 0 Å². The molecule has 1 aromatic heterocycles. The van der Waals surface area contributed by atoms with Crippen molar-refractivity contribution in [3.8, 4) is 11.3 Å². The summed E-state index contributed by atoms with van der Waals surface area (Å²) in [6.07, 6.45) is 1.68. The smallest absolute Gasteiger partial charge is 0.273 e. The van der Waals surface area contributed by atoms with E-state index in [0.717, 1.165) is 18.4 Å². The molecule has 27 heavy (non-hydrogen) atoms. The second-order valence-corrected chi connectivity index (χ2v) is 6.65. The van der Waals surface area contributed by atoms with Crippen LogP contribution < -0.4 is 16.3 Å². The highest BCUT2D eigenvalue weighted by Crippen LogP contribution is 2.29. The number of benzene rings is 2. The first-order chi connectivity index (χ1) is 13.1. The molecule has 136 valence electrons. The molecule has 6 heteroatoms. The van der Waals surface area contributed by atoms with Crippen LogP contribution in [-0.2, 0) is 4.79 Å². The van der Waals surface area contributed by atoms with E-state index in [4.69, 9.17) is 4.42 Å². The molecule has 0 unspecified atom stereocenters. The van der Waals surface area contributed by atoms with Crippen molar-refractivity contribution in [3.63, 3.8) is 0 Å². The first-order valence-electron chi connectivity index (χ1n) is 8.78. The monoisotopic (exact) mass is 362 g/mol. The predicted molar refractivity (Wildman–Crippen MR) is 101 cm³/mol. The van der Waals surface area contributed by atoms with Gasteiger partial charge in [0.1, 0.15) is 5.76 Å². The van der Waals surface area contributed by atoms with Crippen LogP contribution in [0.2, 0.25) is 0 Å². The molecule has 2 N–H and O–H groups in total. The molecule has 2 amide bonds. The van der Waals surface area contributed by atoms with E-state index in [1.165, 1.54) is 0 Å². The standard InChI is InChI=1S/C21H18N2O4/c1-12-17(24)15-8-5-9-16(21(26)23-22-20(25)14-10-11-14)19(15)27-18(12)13-6-3-2-4-7-13/h2-9,14H,10-11H2,1H3,(H,22,25)(H,23,26). The maximum atomic E-state index is 12.8. The van der Waals surface area contributed by atoms with Crippen LogP contribution in [0.3, 0.4) is 0 Å². The van der Waals surface area contributed by atoms with Crippen molar-refractivity contribution in [2.75, 3.05) is 0 Å². The van der Waals surface area contributed by atoms with E-state index in [1.807, 2.05) is 30.3 Å². The van der Waals surface area contributed by atoms with Gasteiger partial charge in [0.25, 0.3) is 5.91 Å². The maximum absolute atomic E-state index is 12.8. The molecule has 1 aliphatic carbocycles. The molecule has 1 saturated carbocycles. The number of rotatable bonds is 3. The van der Waals surface area contributed by atoms with E-state index in [9.17, 15) is 14.4 Å². The molecule has 0 atom stereocenters. The molecule has 0 bridgehead atoms. The maximum Gasteiger partial charge on any atom is 0.273 e. The van der Waals surface area contributed by atoms with Crippen LogP contribution in [0.25, 0.3) is 22.3 Å². The lowest BCUT2D eigenvalue weighted by molar-refractivity contribution is -0.123. The number of para-hydroxylation sites is 1. The van der Waals surface area contributed by atoms with Crippen molar-refractivity contribution in [1.29, 1.82) is 0 Å². The molecular weight excluding hydrogens is 344 g/mol. The summed E-state index contributed by atoms with van der Waals surface area (Å²) in [4.78, 5) is 37.1. The molecule has 0 saturated heterocycles. The van der Waals surface area contributed by atoms with Crippen LogP contribution in [0.4, 0.5) is 0 Å². The molecule has 2 aromatic carbocycles. The van der Waals surface area contributed by atoms with Crippen molar-refractivity contribution >= 4 is 22.8 Å². The zero-order valence-electron chi connectivity index (χ0n) is 14.7. The van der Waals surface area contributed by atoms with Gasteiger partial charge in [0.05, 0.1) is 10.9 Å². The Hall–Kier alpha value is -3.41. The zero-order chi connectivity index (χ0) is 19.0. The van der Waals surface area contributed by atoms with Gasteiger partial charge in [-0.05, 0) is 31.9 Å². The fourth-order valence-electron chi connectivity index (χ4n) is 2.99. The zero-order valence-corrected chi connectivity index (χ0v) is 14.7. The van der Waals surface area contributed by atoms with Crippen molar-refractivity contribution in [2.45, 2.75) is 19.8 Å². The number of hydrogen-bond acceptors (Lipinski definition) is 4. The third-order valence-electron chi connectivity index (χ3n) is 4.67. The largest absolute Gasteiger partial charge is 0.455 e. The topological polar surface area (TPSA) is 88.4 Å². The summed E-state index contributed by atoms with van der Waals surface area (Å²) in [7, 11) is 0. The van der Waals surface area contributed by atoms with Gasteiger partial charge in [0.15, 0.2) is 11.0 Å². The lowest BCUT2D eigenvalue weighted by atomic mass is 10.0. The minimum Gasteiger partial charge on any atom is -0.455 e. The summed E-state index contributed by atoms with van der Waals surface area (Å²) in [6, 6.07) is 14.1. The molecule has 6 nitrogen and oxygen atoms in total. The summed E-state index contributed by atoms with van der Waals surface area (Å²) in [5, 5.41) is 0.327. The van der Waals surface area contributed by atoms with Crippen molar-refractivity contribution in [3.05, 3.63) is 69.9 Å². The number of hydrazine groups is 1. The minimum atomic E-state index is -0.527. The molecule has 4 rings (SSSR count). The van der Waals surface area contributed by atoms with Crippen molar-refractivity contribution in [1.82, 2.24) is 10.9 Å². The van der Waals surface area contributed by atoms with Crippen LogP contribution in [0.15, 0.2) is 57.7 Å². The highest BCUT2D eigenvalue weighted by Gasteiger charge is 2.30. The molecule has 0 spiro atoms. The number of carbonyl (C=O) groups excluding carboxylic acids is 2. The van der Waals surface area contributed by atoms with Gasteiger partial charge in [-0.25, -0.2) is 0 Å². The number of nitrogens with one attached hydrogen (secondary N) is 2. The summed E-state index contributed by atoms with van der Waals surface area (Å²) >= 11 is 0. The average molecular weight is 362 g/mol. The summed E-state index contributed by atoms with van der Waals surface area (Å²) in [5.74, 6) is -0.329. The Morgan fingerprint density at radius 2 is 1.74 bits per heavy atom. The van der Waals surface area contributed by atoms with E-state index in [1.54, 1.807) is 25.1 Å². The van der Waals surface area contributed by atoms with E-state index < -0.39 is 5.91 Å². The van der Waals surface area contributed by atoms with E-state index in [0.29, 0.717) is 16.7 Å². The van der Waals surface area contributed by atoms with Gasteiger partial charge in [0.2, 0.25) is 5.91 Å². The first kappa shape index (κ1) is 17.0. The molecule has 3 aromatic rings. The van der Waals surface area contributed by atoms with Crippen molar-refractivity contribution < 1.29 is 14.0 Å². The molecule has 0 radical (unpaired) electrons. The van der Waals surface area contributed by atoms with Gasteiger partial charge in [0, 0.05) is 17.0 Å². The minimum absolute atomic E-state index is 0.0249. The first-order valence-corrected chi connectivity index (χ1v) is 8.78. The Morgan fingerprint density at radius 1 is 1.00 bits per heavy atom. The summed E-state index contributed by atoms with van der Waals surface area (Å²) in [6.45, 7) is 1.70. The normalized spacial score (nSPS) is 13.4. The molecule has 1 fully saturated rings. The number of hydrogen-bond donors (Lipinski definition) is 2. The van der Waals surface area contributed by atoms with Gasteiger partial charge in [-0.1, -0.05) is 36.4 Å². The lowest BCUT2D eigenvalue weighted by Crippen LogP contribution is -2.42. The van der Waals surface area contributed by atoms with Gasteiger partial charge < -0.3 is 4.42 Å². The fourth-order valence-corrected chi connectivity index (χ4v) is 2.99. The predicted octanol–water partition coefficient (Wildman–Crippen LogP) is 2.94. The molecular formula is C21H18N2O4.